The Morgan fingerprint density at radius 1 is 1.16 bits per heavy atom. The summed E-state index contributed by atoms with van der Waals surface area (Å²) >= 11 is 0. The van der Waals surface area contributed by atoms with Crippen LogP contribution in [0.5, 0.6) is 5.75 Å². The molecule has 0 radical (unpaired) electrons. The molecule has 3 heterocycles. The number of ether oxygens (including phenoxy) is 1. The van der Waals surface area contributed by atoms with Gasteiger partial charge in [-0.15, -0.1) is 0 Å². The number of amides is 2. The minimum absolute atomic E-state index is 0.185. The number of aromatic nitrogens is 3. The van der Waals surface area contributed by atoms with E-state index in [1.54, 1.807) is 48.4 Å². The molecule has 3 aromatic rings. The van der Waals surface area contributed by atoms with Gasteiger partial charge in [-0.25, -0.2) is 9.78 Å². The average Bonchev–Trinajstić information content (AvgIpc) is 3.30. The number of methoxy groups -OCH3 is 1. The Morgan fingerprint density at radius 3 is 2.56 bits per heavy atom. The smallest absolute Gasteiger partial charge is 0.471 e. The SMILES string of the molecule is COc1cccc(NC(=O)N2CCN(c3ccc(-c4noc(C(F)(F)F)n4)cn3)CC2)c1. The Morgan fingerprint density at radius 2 is 1.94 bits per heavy atom. The van der Waals surface area contributed by atoms with Crippen molar-refractivity contribution in [3.63, 3.8) is 0 Å². The largest absolute Gasteiger partial charge is 0.497 e. The molecule has 1 fully saturated rings. The van der Waals surface area contributed by atoms with E-state index in [9.17, 15) is 18.0 Å². The summed E-state index contributed by atoms with van der Waals surface area (Å²) in [7, 11) is 1.56. The molecule has 9 nitrogen and oxygen atoms in total. The first-order valence-electron chi connectivity index (χ1n) is 9.66. The van der Waals surface area contributed by atoms with Gasteiger partial charge in [0.2, 0.25) is 5.82 Å². The van der Waals surface area contributed by atoms with Gasteiger partial charge in [-0.3, -0.25) is 0 Å². The van der Waals surface area contributed by atoms with Crippen LogP contribution in [-0.4, -0.2) is 59.3 Å². The summed E-state index contributed by atoms with van der Waals surface area (Å²) < 4.78 is 47.2. The van der Waals surface area contributed by atoms with Gasteiger partial charge >= 0.3 is 18.1 Å². The lowest BCUT2D eigenvalue weighted by molar-refractivity contribution is -0.159. The maximum Gasteiger partial charge on any atom is 0.471 e. The summed E-state index contributed by atoms with van der Waals surface area (Å²) in [5.41, 5.74) is 0.952. The quantitative estimate of drug-likeness (QED) is 0.652. The third-order valence-corrected chi connectivity index (χ3v) is 4.89. The summed E-state index contributed by atoms with van der Waals surface area (Å²) in [6.45, 7) is 2.08. The summed E-state index contributed by atoms with van der Waals surface area (Å²) in [6.07, 6.45) is -3.31. The second-order valence-electron chi connectivity index (χ2n) is 6.96. The highest BCUT2D eigenvalue weighted by atomic mass is 19.4. The third-order valence-electron chi connectivity index (χ3n) is 4.89. The van der Waals surface area contributed by atoms with Crippen LogP contribution >= 0.6 is 0 Å². The molecule has 0 spiro atoms. The number of nitrogens with zero attached hydrogens (tertiary/aromatic N) is 5. The number of benzene rings is 1. The molecule has 2 amide bonds. The Labute approximate surface area is 180 Å². The number of alkyl halides is 3. The Hall–Kier alpha value is -3.83. The monoisotopic (exact) mass is 448 g/mol. The van der Waals surface area contributed by atoms with E-state index in [1.807, 2.05) is 4.90 Å². The van der Waals surface area contributed by atoms with Gasteiger partial charge < -0.3 is 24.4 Å². The third kappa shape index (κ3) is 4.74. The van der Waals surface area contributed by atoms with Gasteiger partial charge in [-0.05, 0) is 24.3 Å². The van der Waals surface area contributed by atoms with E-state index < -0.39 is 12.1 Å². The van der Waals surface area contributed by atoms with Crippen molar-refractivity contribution in [2.45, 2.75) is 6.18 Å². The Bertz CT molecular complexity index is 1080. The maximum atomic E-state index is 12.6. The number of halogens is 3. The van der Waals surface area contributed by atoms with E-state index in [1.165, 1.54) is 6.20 Å². The van der Waals surface area contributed by atoms with Crippen LogP contribution in [0.2, 0.25) is 0 Å². The lowest BCUT2D eigenvalue weighted by Gasteiger charge is -2.35. The molecule has 0 aliphatic carbocycles. The molecular formula is C20H19F3N6O3. The van der Waals surface area contributed by atoms with Crippen LogP contribution in [0.25, 0.3) is 11.4 Å². The number of urea groups is 1. The van der Waals surface area contributed by atoms with Gasteiger partial charge in [0.15, 0.2) is 0 Å². The number of pyridine rings is 1. The number of carbonyl (C=O) groups excluding carboxylic acids is 1. The zero-order chi connectivity index (χ0) is 22.7. The molecular weight excluding hydrogens is 429 g/mol. The second kappa shape index (κ2) is 8.73. The second-order valence-corrected chi connectivity index (χ2v) is 6.96. The summed E-state index contributed by atoms with van der Waals surface area (Å²) in [6, 6.07) is 10.1. The minimum atomic E-state index is -4.70. The number of nitrogens with one attached hydrogen (secondary N) is 1. The molecule has 4 rings (SSSR count). The predicted octanol–water partition coefficient (Wildman–Crippen LogP) is 3.51. The molecule has 1 aromatic carbocycles. The van der Waals surface area contributed by atoms with E-state index in [0.29, 0.717) is 49.0 Å². The molecule has 0 unspecified atom stereocenters. The Balaban J connectivity index is 1.34. The summed E-state index contributed by atoms with van der Waals surface area (Å²) in [5.74, 6) is -0.297. The number of hydrogen-bond acceptors (Lipinski definition) is 7. The zero-order valence-electron chi connectivity index (χ0n) is 17.0. The summed E-state index contributed by atoms with van der Waals surface area (Å²) in [5, 5.41) is 6.20. The van der Waals surface area contributed by atoms with Crippen molar-refractivity contribution in [2.24, 2.45) is 0 Å². The van der Waals surface area contributed by atoms with Gasteiger partial charge in [0.25, 0.3) is 0 Å². The summed E-state index contributed by atoms with van der Waals surface area (Å²) in [4.78, 5) is 23.9. The highest BCUT2D eigenvalue weighted by Gasteiger charge is 2.38. The number of carbonyl (C=O) groups is 1. The van der Waals surface area contributed by atoms with E-state index in [-0.39, 0.29) is 11.9 Å². The first kappa shape index (κ1) is 21.4. The first-order valence-corrected chi connectivity index (χ1v) is 9.66. The zero-order valence-corrected chi connectivity index (χ0v) is 17.0. The number of hydrogen-bond donors (Lipinski definition) is 1. The number of rotatable bonds is 4. The molecule has 2 aromatic heterocycles. The van der Waals surface area contributed by atoms with Crippen LogP contribution in [0.3, 0.4) is 0 Å². The maximum absolute atomic E-state index is 12.6. The fourth-order valence-electron chi connectivity index (χ4n) is 3.20. The lowest BCUT2D eigenvalue weighted by atomic mass is 10.2. The highest BCUT2D eigenvalue weighted by Crippen LogP contribution is 2.29. The standard InChI is InChI=1S/C20H19F3N6O3/c1-31-15-4-2-3-14(11-15)25-19(30)29-9-7-28(8-10-29)16-6-5-13(12-24-16)17-26-18(32-27-17)20(21,22)23/h2-6,11-12H,7-10H2,1H3,(H,25,30). The Kier molecular flexibility index (Phi) is 5.84. The van der Waals surface area contributed by atoms with Crippen LogP contribution in [0.1, 0.15) is 5.89 Å². The van der Waals surface area contributed by atoms with Crippen LogP contribution in [-0.2, 0) is 6.18 Å². The lowest BCUT2D eigenvalue weighted by Crippen LogP contribution is -2.50. The predicted molar refractivity (Wildman–Crippen MR) is 108 cm³/mol. The fraction of sp³-hybridized carbons (Fsp3) is 0.300. The molecule has 0 atom stereocenters. The molecule has 32 heavy (non-hydrogen) atoms. The van der Waals surface area contributed by atoms with Gasteiger partial charge in [-0.2, -0.15) is 18.2 Å². The van der Waals surface area contributed by atoms with Gasteiger partial charge in [0.1, 0.15) is 11.6 Å². The molecule has 1 N–H and O–H groups in total. The van der Waals surface area contributed by atoms with Gasteiger partial charge in [0, 0.05) is 49.7 Å². The van der Waals surface area contributed by atoms with Crippen molar-refractivity contribution in [2.75, 3.05) is 43.5 Å². The molecule has 1 aliphatic heterocycles. The van der Waals surface area contributed by atoms with E-state index in [4.69, 9.17) is 4.74 Å². The molecule has 0 bridgehead atoms. The fourth-order valence-corrected chi connectivity index (χ4v) is 3.20. The van der Waals surface area contributed by atoms with Crippen molar-refractivity contribution in [3.8, 4) is 17.1 Å². The van der Waals surface area contributed by atoms with E-state index in [2.05, 4.69) is 25.0 Å². The van der Waals surface area contributed by atoms with E-state index >= 15 is 0 Å². The van der Waals surface area contributed by atoms with Gasteiger partial charge in [-0.1, -0.05) is 11.2 Å². The van der Waals surface area contributed by atoms with Gasteiger partial charge in [0.05, 0.1) is 7.11 Å². The molecule has 1 aliphatic rings. The van der Waals surface area contributed by atoms with Crippen LogP contribution < -0.4 is 15.0 Å². The minimum Gasteiger partial charge on any atom is -0.497 e. The number of anilines is 2. The van der Waals surface area contributed by atoms with Crippen molar-refractivity contribution < 1.29 is 27.2 Å². The average molecular weight is 448 g/mol. The topological polar surface area (TPSA) is 96.6 Å². The van der Waals surface area contributed by atoms with E-state index in [0.717, 1.165) is 0 Å². The highest BCUT2D eigenvalue weighted by molar-refractivity contribution is 5.89. The van der Waals surface area contributed by atoms with Crippen molar-refractivity contribution in [1.29, 1.82) is 0 Å². The molecule has 0 saturated carbocycles. The van der Waals surface area contributed by atoms with Crippen LogP contribution in [0, 0.1) is 0 Å². The van der Waals surface area contributed by atoms with Crippen molar-refractivity contribution in [3.05, 3.63) is 48.5 Å². The molecule has 12 heteroatoms. The normalized spacial score (nSPS) is 14.4. The van der Waals surface area contributed by atoms with Crippen LogP contribution in [0.4, 0.5) is 29.5 Å². The van der Waals surface area contributed by atoms with Crippen molar-refractivity contribution in [1.82, 2.24) is 20.0 Å². The first-order chi connectivity index (χ1) is 15.3. The molecule has 168 valence electrons. The van der Waals surface area contributed by atoms with Crippen LogP contribution in [0.15, 0.2) is 47.1 Å². The van der Waals surface area contributed by atoms with Crippen molar-refractivity contribution >= 4 is 17.5 Å². The number of piperazine rings is 1. The molecule has 1 saturated heterocycles.